The van der Waals surface area contributed by atoms with Crippen LogP contribution in [0.3, 0.4) is 0 Å². The van der Waals surface area contributed by atoms with E-state index >= 15 is 0 Å². The fourth-order valence-electron chi connectivity index (χ4n) is 1.48. The summed E-state index contributed by atoms with van der Waals surface area (Å²) in [6.07, 6.45) is 2.85. The third-order valence-corrected chi connectivity index (χ3v) is 2.41. The highest BCUT2D eigenvalue weighted by Crippen LogP contribution is 2.28. The van der Waals surface area contributed by atoms with Crippen LogP contribution in [0.4, 0.5) is 4.79 Å². The molecule has 2 rings (SSSR count). The maximum Gasteiger partial charge on any atom is 0.410 e. The van der Waals surface area contributed by atoms with Crippen molar-refractivity contribution >= 4 is 6.09 Å². The molecule has 0 aromatic heterocycles. The minimum Gasteiger partial charge on any atom is -0.444 e. The molecule has 1 amide bonds. The Hall–Kier alpha value is -0.770. The lowest BCUT2D eigenvalue weighted by Gasteiger charge is -2.39. The smallest absolute Gasteiger partial charge is 0.410 e. The van der Waals surface area contributed by atoms with E-state index in [1.54, 1.807) is 4.90 Å². The Labute approximate surface area is 90.5 Å². The Morgan fingerprint density at radius 3 is 2.27 bits per heavy atom. The second-order valence-electron chi connectivity index (χ2n) is 5.34. The Balaban J connectivity index is 1.66. The zero-order chi connectivity index (χ0) is 11.1. The summed E-state index contributed by atoms with van der Waals surface area (Å²) in [7, 11) is 0. The maximum absolute atomic E-state index is 11.5. The molecule has 0 bridgehead atoms. The van der Waals surface area contributed by atoms with E-state index in [1.165, 1.54) is 12.8 Å². The van der Waals surface area contributed by atoms with E-state index in [1.807, 2.05) is 20.8 Å². The second kappa shape index (κ2) is 3.67. The van der Waals surface area contributed by atoms with Gasteiger partial charge in [0.25, 0.3) is 0 Å². The van der Waals surface area contributed by atoms with Gasteiger partial charge in [0, 0.05) is 0 Å². The van der Waals surface area contributed by atoms with Crippen LogP contribution in [0.1, 0.15) is 33.6 Å². The van der Waals surface area contributed by atoms with E-state index < -0.39 is 5.60 Å². The summed E-state index contributed by atoms with van der Waals surface area (Å²) in [5, 5.41) is 0. The summed E-state index contributed by atoms with van der Waals surface area (Å²) in [5.74, 6) is 0. The molecule has 1 aliphatic carbocycles. The van der Waals surface area contributed by atoms with Crippen molar-refractivity contribution in [1.82, 2.24) is 4.90 Å². The third kappa shape index (κ3) is 3.09. The number of carbonyl (C=O) groups is 1. The summed E-state index contributed by atoms with van der Waals surface area (Å²) in [4.78, 5) is 13.2. The molecule has 1 saturated carbocycles. The van der Waals surface area contributed by atoms with Crippen LogP contribution < -0.4 is 0 Å². The molecule has 0 radical (unpaired) electrons. The van der Waals surface area contributed by atoms with Gasteiger partial charge in [-0.15, -0.1) is 0 Å². The molecule has 1 heterocycles. The molecule has 0 atom stereocenters. The van der Waals surface area contributed by atoms with Crippen LogP contribution in [0.15, 0.2) is 0 Å². The summed E-state index contributed by atoms with van der Waals surface area (Å²) in [6, 6.07) is 0. The van der Waals surface area contributed by atoms with Crippen LogP contribution in [0.2, 0.25) is 0 Å². The standard InChI is InChI=1S/C11H19NO3/c1-11(2,3)15-10(13)12-6-9(7-12)14-8-4-5-8/h8-9H,4-7H2,1-3H3. The van der Waals surface area contributed by atoms with Gasteiger partial charge in [0.2, 0.25) is 0 Å². The number of carbonyl (C=O) groups excluding carboxylic acids is 1. The molecular weight excluding hydrogens is 194 g/mol. The first-order valence-corrected chi connectivity index (χ1v) is 5.57. The van der Waals surface area contributed by atoms with Crippen molar-refractivity contribution in [2.45, 2.75) is 51.4 Å². The fourth-order valence-corrected chi connectivity index (χ4v) is 1.48. The Morgan fingerprint density at radius 1 is 1.20 bits per heavy atom. The van der Waals surface area contributed by atoms with E-state index in [0.29, 0.717) is 19.2 Å². The molecular formula is C11H19NO3. The molecule has 0 N–H and O–H groups in total. The van der Waals surface area contributed by atoms with Crippen molar-refractivity contribution in [2.24, 2.45) is 0 Å². The lowest BCUT2D eigenvalue weighted by molar-refractivity contribution is -0.0691. The minimum absolute atomic E-state index is 0.224. The molecule has 86 valence electrons. The first-order valence-electron chi connectivity index (χ1n) is 5.57. The summed E-state index contributed by atoms with van der Waals surface area (Å²) in [5.41, 5.74) is -0.403. The van der Waals surface area contributed by atoms with Crippen LogP contribution >= 0.6 is 0 Å². The van der Waals surface area contributed by atoms with Crippen LogP contribution in [0, 0.1) is 0 Å². The topological polar surface area (TPSA) is 38.8 Å². The Kier molecular flexibility index (Phi) is 2.63. The quantitative estimate of drug-likeness (QED) is 0.702. The Bertz CT molecular complexity index is 249. The van der Waals surface area contributed by atoms with Crippen molar-refractivity contribution in [3.8, 4) is 0 Å². The van der Waals surface area contributed by atoms with Gasteiger partial charge in [-0.2, -0.15) is 0 Å². The van der Waals surface area contributed by atoms with E-state index in [4.69, 9.17) is 9.47 Å². The number of hydrogen-bond acceptors (Lipinski definition) is 3. The molecule has 2 aliphatic rings. The third-order valence-electron chi connectivity index (χ3n) is 2.41. The summed E-state index contributed by atoms with van der Waals surface area (Å²) < 4.78 is 10.9. The zero-order valence-corrected chi connectivity index (χ0v) is 9.66. The highest BCUT2D eigenvalue weighted by Gasteiger charge is 2.37. The van der Waals surface area contributed by atoms with Gasteiger partial charge in [-0.25, -0.2) is 4.79 Å². The van der Waals surface area contributed by atoms with E-state index in [0.717, 1.165) is 0 Å². The van der Waals surface area contributed by atoms with Gasteiger partial charge in [0.05, 0.1) is 25.3 Å². The average Bonchev–Trinajstić information content (AvgIpc) is 2.74. The van der Waals surface area contributed by atoms with Gasteiger partial charge in [0.15, 0.2) is 0 Å². The van der Waals surface area contributed by atoms with Crippen LogP contribution in [0.25, 0.3) is 0 Å². The van der Waals surface area contributed by atoms with E-state index in [2.05, 4.69) is 0 Å². The van der Waals surface area contributed by atoms with Crippen LogP contribution in [-0.4, -0.2) is 41.9 Å². The van der Waals surface area contributed by atoms with Crippen molar-refractivity contribution < 1.29 is 14.3 Å². The number of rotatable bonds is 2. The largest absolute Gasteiger partial charge is 0.444 e. The summed E-state index contributed by atoms with van der Waals surface area (Å²) in [6.45, 7) is 7.01. The van der Waals surface area contributed by atoms with Gasteiger partial charge in [-0.1, -0.05) is 0 Å². The first-order chi connectivity index (χ1) is 6.94. The monoisotopic (exact) mass is 213 g/mol. The molecule has 4 heteroatoms. The lowest BCUT2D eigenvalue weighted by atomic mass is 10.2. The number of ether oxygens (including phenoxy) is 2. The van der Waals surface area contributed by atoms with Gasteiger partial charge in [-0.3, -0.25) is 0 Å². The predicted octanol–water partition coefficient (Wildman–Crippen LogP) is 1.78. The number of hydrogen-bond donors (Lipinski definition) is 0. The van der Waals surface area contributed by atoms with Gasteiger partial charge in [-0.05, 0) is 33.6 Å². The molecule has 15 heavy (non-hydrogen) atoms. The molecule has 1 aliphatic heterocycles. The maximum atomic E-state index is 11.5. The number of likely N-dealkylation sites (tertiary alicyclic amines) is 1. The lowest BCUT2D eigenvalue weighted by Crippen LogP contribution is -2.56. The molecule has 0 aromatic carbocycles. The Morgan fingerprint density at radius 2 is 1.80 bits per heavy atom. The predicted molar refractivity (Wildman–Crippen MR) is 55.7 cm³/mol. The normalized spacial score (nSPS) is 22.5. The number of nitrogens with zero attached hydrogens (tertiary/aromatic N) is 1. The van der Waals surface area contributed by atoms with E-state index in [9.17, 15) is 4.79 Å². The average molecular weight is 213 g/mol. The summed E-state index contributed by atoms with van der Waals surface area (Å²) >= 11 is 0. The molecule has 1 saturated heterocycles. The molecule has 2 fully saturated rings. The van der Waals surface area contributed by atoms with Gasteiger partial charge >= 0.3 is 6.09 Å². The van der Waals surface area contributed by atoms with Crippen LogP contribution in [0.5, 0.6) is 0 Å². The van der Waals surface area contributed by atoms with Crippen LogP contribution in [-0.2, 0) is 9.47 Å². The second-order valence-corrected chi connectivity index (χ2v) is 5.34. The highest BCUT2D eigenvalue weighted by atomic mass is 16.6. The zero-order valence-electron chi connectivity index (χ0n) is 9.66. The van der Waals surface area contributed by atoms with Crippen molar-refractivity contribution in [2.75, 3.05) is 13.1 Å². The van der Waals surface area contributed by atoms with E-state index in [-0.39, 0.29) is 12.2 Å². The molecule has 0 spiro atoms. The molecule has 0 unspecified atom stereocenters. The van der Waals surface area contributed by atoms with Gasteiger partial charge < -0.3 is 14.4 Å². The molecule has 0 aromatic rings. The highest BCUT2D eigenvalue weighted by molar-refractivity contribution is 5.69. The minimum atomic E-state index is -0.403. The molecule has 4 nitrogen and oxygen atoms in total. The SMILES string of the molecule is CC(C)(C)OC(=O)N1CC(OC2CC2)C1. The van der Waals surface area contributed by atoms with Crippen molar-refractivity contribution in [3.05, 3.63) is 0 Å². The first kappa shape index (κ1) is 10.7. The van der Waals surface area contributed by atoms with Crippen molar-refractivity contribution in [3.63, 3.8) is 0 Å². The fraction of sp³-hybridized carbons (Fsp3) is 0.909. The van der Waals surface area contributed by atoms with Crippen molar-refractivity contribution in [1.29, 1.82) is 0 Å². The van der Waals surface area contributed by atoms with Gasteiger partial charge in [0.1, 0.15) is 5.60 Å². The number of amides is 1.